The Bertz CT molecular complexity index is 275. The minimum absolute atomic E-state index is 0.315. The lowest BCUT2D eigenvalue weighted by atomic mass is 10.1. The molecule has 0 aromatic heterocycles. The topological polar surface area (TPSA) is 29.5 Å². The van der Waals surface area contributed by atoms with Gasteiger partial charge in [-0.3, -0.25) is 0 Å². The van der Waals surface area contributed by atoms with Crippen LogP contribution in [-0.2, 0) is 4.43 Å². The summed E-state index contributed by atoms with van der Waals surface area (Å²) in [7, 11) is -1.55. The van der Waals surface area contributed by atoms with Crippen molar-refractivity contribution in [3.05, 3.63) is 0 Å². The van der Waals surface area contributed by atoms with Gasteiger partial charge in [-0.1, -0.05) is 43.4 Å². The second-order valence-corrected chi connectivity index (χ2v) is 14.1. The van der Waals surface area contributed by atoms with E-state index in [9.17, 15) is 0 Å². The van der Waals surface area contributed by atoms with E-state index in [4.69, 9.17) is 9.53 Å². The van der Waals surface area contributed by atoms with Gasteiger partial charge in [0.1, 0.15) is 0 Å². The minimum Gasteiger partial charge on any atom is -0.417 e. The van der Waals surface area contributed by atoms with E-state index in [1.807, 2.05) is 0 Å². The van der Waals surface area contributed by atoms with Crippen molar-refractivity contribution in [2.75, 3.05) is 13.2 Å². The van der Waals surface area contributed by atoms with Gasteiger partial charge in [-0.05, 0) is 49.7 Å². The highest BCUT2D eigenvalue weighted by molar-refractivity contribution is 14.1. The molecule has 0 unspecified atom stereocenters. The molecule has 1 aliphatic rings. The van der Waals surface area contributed by atoms with Crippen molar-refractivity contribution in [3.63, 3.8) is 0 Å². The first-order valence-corrected chi connectivity index (χ1v) is 11.0. The van der Waals surface area contributed by atoms with Crippen molar-refractivity contribution in [3.8, 4) is 0 Å². The molecule has 0 aromatic rings. The number of unbranched alkanes of at least 4 members (excludes halogenated alkanes) is 1. The summed E-state index contributed by atoms with van der Waals surface area (Å²) < 4.78 is 6.58. The summed E-state index contributed by atoms with van der Waals surface area (Å²) in [5.74, 6) is 0.555. The van der Waals surface area contributed by atoms with Crippen LogP contribution >= 0.6 is 22.6 Å². The monoisotopic (exact) mass is 384 g/mol. The molecule has 1 rings (SSSR count). The molecule has 18 heavy (non-hydrogen) atoms. The molecule has 0 spiro atoms. The van der Waals surface area contributed by atoms with Crippen molar-refractivity contribution in [2.24, 2.45) is 5.92 Å². The van der Waals surface area contributed by atoms with Gasteiger partial charge in [0.2, 0.25) is 0 Å². The molecule has 2 atom stereocenters. The highest BCUT2D eigenvalue weighted by atomic mass is 127. The minimum atomic E-state index is -1.55. The summed E-state index contributed by atoms with van der Waals surface area (Å²) in [4.78, 5) is 0. The Balaban J connectivity index is 2.13. The zero-order valence-electron chi connectivity index (χ0n) is 12.6. The van der Waals surface area contributed by atoms with Gasteiger partial charge >= 0.3 is 0 Å². The normalized spacial score (nSPS) is 28.5. The largest absolute Gasteiger partial charge is 0.417 e. The fourth-order valence-corrected chi connectivity index (χ4v) is 4.15. The van der Waals surface area contributed by atoms with E-state index in [1.165, 1.54) is 19.3 Å². The maximum Gasteiger partial charge on any atom is 0.191 e. The molecule has 4 heteroatoms. The SMILES string of the molecule is CC(C)(C)[Si](C)(C)OCCCC[C@@]1(I)C[C@@H]1CO. The molecule has 0 heterocycles. The Kier molecular flexibility index (Phi) is 5.73. The summed E-state index contributed by atoms with van der Waals surface area (Å²) in [6, 6.07) is 0. The maximum atomic E-state index is 9.12. The summed E-state index contributed by atoms with van der Waals surface area (Å²) in [6.45, 7) is 12.8. The van der Waals surface area contributed by atoms with Gasteiger partial charge < -0.3 is 9.53 Å². The quantitative estimate of drug-likeness (QED) is 0.306. The van der Waals surface area contributed by atoms with Crippen LogP contribution in [0.3, 0.4) is 0 Å². The van der Waals surface area contributed by atoms with Gasteiger partial charge in [-0.15, -0.1) is 0 Å². The van der Waals surface area contributed by atoms with Crippen LogP contribution < -0.4 is 0 Å². The standard InChI is InChI=1S/C14H29IO2Si/c1-13(2,3)18(4,5)17-9-7-6-8-14(15)10-12(14)11-16/h12,16H,6-11H2,1-5H3/t12-,14-/m1/s1. The van der Waals surface area contributed by atoms with Crippen molar-refractivity contribution in [1.29, 1.82) is 0 Å². The molecule has 0 bridgehead atoms. The molecule has 0 amide bonds. The van der Waals surface area contributed by atoms with Crippen LogP contribution in [0.4, 0.5) is 0 Å². The van der Waals surface area contributed by atoms with Crippen LogP contribution in [0.5, 0.6) is 0 Å². The average Bonchev–Trinajstić information content (AvgIpc) is 2.87. The van der Waals surface area contributed by atoms with Crippen LogP contribution in [0.25, 0.3) is 0 Å². The van der Waals surface area contributed by atoms with Gasteiger partial charge in [0.05, 0.1) is 0 Å². The molecule has 2 nitrogen and oxygen atoms in total. The molecule has 0 radical (unpaired) electrons. The van der Waals surface area contributed by atoms with E-state index in [0.29, 0.717) is 21.0 Å². The van der Waals surface area contributed by atoms with Gasteiger partial charge in [-0.2, -0.15) is 0 Å². The fourth-order valence-electron chi connectivity index (χ4n) is 1.95. The smallest absolute Gasteiger partial charge is 0.191 e. The lowest BCUT2D eigenvalue weighted by Crippen LogP contribution is -2.40. The highest BCUT2D eigenvalue weighted by Crippen LogP contribution is 2.54. The van der Waals surface area contributed by atoms with Crippen molar-refractivity contribution >= 4 is 30.9 Å². The summed E-state index contributed by atoms with van der Waals surface area (Å²) in [6.07, 6.45) is 4.83. The third kappa shape index (κ3) is 4.46. The molecular weight excluding hydrogens is 355 g/mol. The second-order valence-electron chi connectivity index (χ2n) is 7.18. The molecule has 0 saturated heterocycles. The van der Waals surface area contributed by atoms with Crippen molar-refractivity contribution < 1.29 is 9.53 Å². The summed E-state index contributed by atoms with van der Waals surface area (Å²) in [5.41, 5.74) is 0. The second kappa shape index (κ2) is 6.10. The molecule has 1 fully saturated rings. The van der Waals surface area contributed by atoms with E-state index in [2.05, 4.69) is 56.5 Å². The number of aliphatic hydroxyl groups is 1. The number of halogens is 1. The fraction of sp³-hybridized carbons (Fsp3) is 1.00. The number of hydrogen-bond donors (Lipinski definition) is 1. The van der Waals surface area contributed by atoms with Gasteiger partial charge in [0.25, 0.3) is 0 Å². The van der Waals surface area contributed by atoms with E-state index in [0.717, 1.165) is 13.0 Å². The van der Waals surface area contributed by atoms with Crippen LogP contribution in [0.2, 0.25) is 18.1 Å². The molecule has 0 aliphatic heterocycles. The highest BCUT2D eigenvalue weighted by Gasteiger charge is 2.50. The zero-order valence-corrected chi connectivity index (χ0v) is 15.7. The van der Waals surface area contributed by atoms with E-state index in [-0.39, 0.29) is 0 Å². The van der Waals surface area contributed by atoms with E-state index < -0.39 is 8.32 Å². The first-order chi connectivity index (χ1) is 8.12. The van der Waals surface area contributed by atoms with Gasteiger partial charge in [0, 0.05) is 16.6 Å². The number of aliphatic hydroxyl groups excluding tert-OH is 1. The third-order valence-corrected chi connectivity index (χ3v) is 11.0. The number of alkyl halides is 1. The summed E-state index contributed by atoms with van der Waals surface area (Å²) >= 11 is 2.54. The molecule has 0 aromatic carbocycles. The first kappa shape index (κ1) is 16.9. The lowest BCUT2D eigenvalue weighted by molar-refractivity contribution is 0.266. The summed E-state index contributed by atoms with van der Waals surface area (Å²) in [5, 5.41) is 9.43. The molecule has 1 N–H and O–H groups in total. The van der Waals surface area contributed by atoms with Gasteiger partial charge in [0.15, 0.2) is 8.32 Å². The van der Waals surface area contributed by atoms with Crippen molar-refractivity contribution in [1.82, 2.24) is 0 Å². The number of hydrogen-bond acceptors (Lipinski definition) is 2. The van der Waals surface area contributed by atoms with Crippen molar-refractivity contribution in [2.45, 2.75) is 68.0 Å². The Morgan fingerprint density at radius 1 is 1.33 bits per heavy atom. The maximum absolute atomic E-state index is 9.12. The Hall–Kier alpha value is 0.867. The predicted molar refractivity (Wildman–Crippen MR) is 88.9 cm³/mol. The molecule has 1 aliphatic carbocycles. The number of rotatable bonds is 7. The van der Waals surface area contributed by atoms with Gasteiger partial charge in [-0.25, -0.2) is 0 Å². The zero-order chi connectivity index (χ0) is 14.0. The molecule has 1 saturated carbocycles. The van der Waals surface area contributed by atoms with Crippen LogP contribution in [0, 0.1) is 5.92 Å². The third-order valence-electron chi connectivity index (χ3n) is 4.63. The first-order valence-electron chi connectivity index (χ1n) is 7.06. The molecular formula is C14H29IO2Si. The molecule has 108 valence electrons. The van der Waals surface area contributed by atoms with Crippen LogP contribution in [0.1, 0.15) is 46.5 Å². The van der Waals surface area contributed by atoms with E-state index in [1.54, 1.807) is 0 Å². The van der Waals surface area contributed by atoms with Crippen LogP contribution in [-0.4, -0.2) is 30.1 Å². The van der Waals surface area contributed by atoms with Crippen LogP contribution in [0.15, 0.2) is 0 Å². The Morgan fingerprint density at radius 3 is 2.39 bits per heavy atom. The lowest BCUT2D eigenvalue weighted by Gasteiger charge is -2.36. The van der Waals surface area contributed by atoms with E-state index >= 15 is 0 Å². The predicted octanol–water partition coefficient (Wildman–Crippen LogP) is 4.36. The Labute approximate surface area is 127 Å². The average molecular weight is 384 g/mol. The Morgan fingerprint density at radius 2 is 1.94 bits per heavy atom.